The minimum absolute atomic E-state index is 0.251. The molecule has 0 radical (unpaired) electrons. The van der Waals surface area contributed by atoms with E-state index in [0.29, 0.717) is 0 Å². The highest BCUT2D eigenvalue weighted by Gasteiger charge is 2.27. The Bertz CT molecular complexity index is 511. The van der Waals surface area contributed by atoms with Crippen molar-refractivity contribution in [1.82, 2.24) is 4.31 Å². The molecule has 0 N–H and O–H groups in total. The topological polar surface area (TPSA) is 61.2 Å². The maximum Gasteiger partial charge on any atom is 0.253 e. The number of hydrogen-bond donors (Lipinski definition) is 0. The predicted octanol–water partition coefficient (Wildman–Crippen LogP) is 2.35. The maximum absolute atomic E-state index is 12.1. The number of hydrogen-bond acceptors (Lipinski definition) is 4. The van der Waals surface area contributed by atoms with Gasteiger partial charge in [-0.3, -0.25) is 0 Å². The zero-order valence-corrected chi connectivity index (χ0v) is 12.3. The fourth-order valence-corrected chi connectivity index (χ4v) is 4.68. The SMILES string of the molecule is Cc1cc(S(=O)(=O)N(C)C(C)C#N)sc1Br. The van der Waals surface area contributed by atoms with Crippen LogP contribution < -0.4 is 0 Å². The summed E-state index contributed by atoms with van der Waals surface area (Å²) in [5, 5.41) is 8.71. The van der Waals surface area contributed by atoms with Gasteiger partial charge in [-0.15, -0.1) is 11.3 Å². The lowest BCUT2D eigenvalue weighted by Gasteiger charge is -2.17. The van der Waals surface area contributed by atoms with Crippen LogP contribution in [0.3, 0.4) is 0 Å². The number of nitriles is 1. The Morgan fingerprint density at radius 1 is 1.62 bits per heavy atom. The van der Waals surface area contributed by atoms with Gasteiger partial charge in [0.05, 0.1) is 9.86 Å². The summed E-state index contributed by atoms with van der Waals surface area (Å²) < 4.78 is 26.2. The van der Waals surface area contributed by atoms with E-state index in [1.54, 1.807) is 13.0 Å². The molecule has 88 valence electrons. The quantitative estimate of drug-likeness (QED) is 0.858. The van der Waals surface area contributed by atoms with E-state index in [1.165, 1.54) is 7.05 Å². The van der Waals surface area contributed by atoms with Crippen molar-refractivity contribution in [1.29, 1.82) is 5.26 Å². The van der Waals surface area contributed by atoms with Crippen LogP contribution in [-0.2, 0) is 10.0 Å². The van der Waals surface area contributed by atoms with Crippen LogP contribution in [0.25, 0.3) is 0 Å². The zero-order chi connectivity index (χ0) is 12.5. The van der Waals surface area contributed by atoms with Crippen LogP contribution >= 0.6 is 27.3 Å². The van der Waals surface area contributed by atoms with Crippen LogP contribution in [0, 0.1) is 18.3 Å². The number of halogens is 1. The Kier molecular flexibility index (Phi) is 4.12. The number of thiophene rings is 1. The van der Waals surface area contributed by atoms with Crippen molar-refractivity contribution in [2.45, 2.75) is 24.1 Å². The van der Waals surface area contributed by atoms with Crippen molar-refractivity contribution in [2.75, 3.05) is 7.05 Å². The van der Waals surface area contributed by atoms with Gasteiger partial charge in [-0.1, -0.05) is 0 Å². The van der Waals surface area contributed by atoms with Crippen molar-refractivity contribution in [2.24, 2.45) is 0 Å². The number of rotatable bonds is 3. The van der Waals surface area contributed by atoms with Crippen molar-refractivity contribution < 1.29 is 8.42 Å². The Balaban J connectivity index is 3.18. The standard InChI is InChI=1S/C9H11BrN2O2S2/c1-6-4-8(15-9(6)10)16(13,14)12(3)7(2)5-11/h4,7H,1-3H3. The van der Waals surface area contributed by atoms with Crippen molar-refractivity contribution >= 4 is 37.3 Å². The molecule has 1 aromatic heterocycles. The van der Waals surface area contributed by atoms with Gasteiger partial charge in [-0.25, -0.2) is 8.42 Å². The van der Waals surface area contributed by atoms with E-state index < -0.39 is 16.1 Å². The first kappa shape index (κ1) is 13.6. The molecule has 0 fully saturated rings. The molecule has 0 aliphatic carbocycles. The molecule has 1 aromatic rings. The van der Waals surface area contributed by atoms with Crippen LogP contribution in [0.2, 0.25) is 0 Å². The first-order valence-corrected chi connectivity index (χ1v) is 7.49. The van der Waals surface area contributed by atoms with Gasteiger partial charge in [0.1, 0.15) is 10.3 Å². The molecule has 0 saturated heterocycles. The van der Waals surface area contributed by atoms with Crippen LogP contribution in [0.5, 0.6) is 0 Å². The van der Waals surface area contributed by atoms with E-state index in [-0.39, 0.29) is 4.21 Å². The second-order valence-corrected chi connectivity index (χ2v) is 7.94. The highest BCUT2D eigenvalue weighted by molar-refractivity contribution is 9.11. The Morgan fingerprint density at radius 3 is 2.56 bits per heavy atom. The van der Waals surface area contributed by atoms with Crippen LogP contribution in [0.4, 0.5) is 0 Å². The monoisotopic (exact) mass is 322 g/mol. The summed E-state index contributed by atoms with van der Waals surface area (Å²) in [4.78, 5) is 0. The lowest BCUT2D eigenvalue weighted by atomic mass is 10.4. The van der Waals surface area contributed by atoms with Crippen LogP contribution in [-0.4, -0.2) is 25.8 Å². The van der Waals surface area contributed by atoms with Gasteiger partial charge in [0, 0.05) is 7.05 Å². The molecule has 0 bridgehead atoms. The fraction of sp³-hybridized carbons (Fsp3) is 0.444. The largest absolute Gasteiger partial charge is 0.253 e. The van der Waals surface area contributed by atoms with Gasteiger partial charge in [-0.05, 0) is 41.4 Å². The summed E-state index contributed by atoms with van der Waals surface area (Å²) in [7, 11) is -2.14. The van der Waals surface area contributed by atoms with E-state index in [9.17, 15) is 8.42 Å². The summed E-state index contributed by atoms with van der Waals surface area (Å²) in [5.41, 5.74) is 0.876. The lowest BCUT2D eigenvalue weighted by molar-refractivity contribution is 0.443. The second kappa shape index (κ2) is 4.84. The molecule has 16 heavy (non-hydrogen) atoms. The molecular formula is C9H11BrN2O2S2. The van der Waals surface area contributed by atoms with Crippen molar-refractivity contribution in [3.8, 4) is 6.07 Å². The average molecular weight is 323 g/mol. The Hall–Kier alpha value is -0.420. The summed E-state index contributed by atoms with van der Waals surface area (Å²) >= 11 is 4.44. The van der Waals surface area contributed by atoms with Gasteiger partial charge in [-0.2, -0.15) is 9.57 Å². The molecule has 1 heterocycles. The lowest BCUT2D eigenvalue weighted by Crippen LogP contribution is -2.33. The molecule has 0 saturated carbocycles. The molecule has 7 heteroatoms. The molecule has 0 aliphatic rings. The average Bonchev–Trinajstić information content (AvgIpc) is 2.57. The smallest absolute Gasteiger partial charge is 0.206 e. The Morgan fingerprint density at radius 2 is 2.19 bits per heavy atom. The summed E-state index contributed by atoms with van der Waals surface area (Å²) in [5.74, 6) is 0. The molecule has 1 atom stereocenters. The van der Waals surface area contributed by atoms with Gasteiger partial charge in [0.15, 0.2) is 0 Å². The van der Waals surface area contributed by atoms with Crippen LogP contribution in [0.1, 0.15) is 12.5 Å². The third kappa shape index (κ3) is 2.46. The predicted molar refractivity (Wildman–Crippen MR) is 66.8 cm³/mol. The number of sulfonamides is 1. The molecular weight excluding hydrogens is 312 g/mol. The van der Waals surface area contributed by atoms with Gasteiger partial charge in [0.25, 0.3) is 10.0 Å². The minimum atomic E-state index is -3.55. The second-order valence-electron chi connectivity index (χ2n) is 3.35. The molecule has 4 nitrogen and oxygen atoms in total. The van der Waals surface area contributed by atoms with E-state index in [0.717, 1.165) is 25.0 Å². The molecule has 0 amide bonds. The number of nitrogens with zero attached hydrogens (tertiary/aromatic N) is 2. The van der Waals surface area contributed by atoms with Crippen molar-refractivity contribution in [3.05, 3.63) is 15.4 Å². The normalized spacial score (nSPS) is 13.8. The molecule has 0 spiro atoms. The third-order valence-electron chi connectivity index (χ3n) is 2.20. The summed E-state index contributed by atoms with van der Waals surface area (Å²) in [6.07, 6.45) is 0. The molecule has 1 rings (SSSR count). The van der Waals surface area contributed by atoms with Crippen molar-refractivity contribution in [3.63, 3.8) is 0 Å². The van der Waals surface area contributed by atoms with E-state index in [2.05, 4.69) is 15.9 Å². The fourth-order valence-electron chi connectivity index (χ4n) is 0.990. The van der Waals surface area contributed by atoms with E-state index >= 15 is 0 Å². The maximum atomic E-state index is 12.1. The summed E-state index contributed by atoms with van der Waals surface area (Å²) in [6.45, 7) is 3.38. The van der Waals surface area contributed by atoms with Crippen LogP contribution in [0.15, 0.2) is 14.1 Å². The molecule has 0 aliphatic heterocycles. The third-order valence-corrected chi connectivity index (χ3v) is 6.71. The van der Waals surface area contributed by atoms with E-state index in [1.807, 2.05) is 13.0 Å². The zero-order valence-electron chi connectivity index (χ0n) is 9.06. The highest BCUT2D eigenvalue weighted by atomic mass is 79.9. The van der Waals surface area contributed by atoms with E-state index in [4.69, 9.17) is 5.26 Å². The highest BCUT2D eigenvalue weighted by Crippen LogP contribution is 2.32. The number of aryl methyl sites for hydroxylation is 1. The first-order chi connectivity index (χ1) is 7.30. The van der Waals surface area contributed by atoms with Gasteiger partial charge >= 0.3 is 0 Å². The van der Waals surface area contributed by atoms with Gasteiger partial charge < -0.3 is 0 Å². The molecule has 0 aromatic carbocycles. The van der Waals surface area contributed by atoms with Gasteiger partial charge in [0.2, 0.25) is 0 Å². The minimum Gasteiger partial charge on any atom is -0.206 e. The Labute approximate surface area is 108 Å². The summed E-state index contributed by atoms with van der Waals surface area (Å²) in [6, 6.07) is 2.83. The first-order valence-electron chi connectivity index (χ1n) is 4.44. The molecule has 1 unspecified atom stereocenters.